The number of phenols is 1. The third-order valence-electron chi connectivity index (χ3n) is 3.95. The summed E-state index contributed by atoms with van der Waals surface area (Å²) in [6.07, 6.45) is 1.13. The highest BCUT2D eigenvalue weighted by Crippen LogP contribution is 2.19. The Bertz CT molecular complexity index is 440. The number of benzene rings is 1. The van der Waals surface area contributed by atoms with Crippen LogP contribution in [0.3, 0.4) is 0 Å². The van der Waals surface area contributed by atoms with Gasteiger partial charge in [-0.1, -0.05) is 19.1 Å². The molecule has 0 saturated carbocycles. The van der Waals surface area contributed by atoms with Gasteiger partial charge < -0.3 is 10.0 Å². The van der Waals surface area contributed by atoms with Crippen molar-refractivity contribution in [2.24, 2.45) is 0 Å². The number of hydrogen-bond acceptors (Lipinski definition) is 3. The van der Waals surface area contributed by atoms with Crippen LogP contribution in [0.4, 0.5) is 0 Å². The molecule has 0 radical (unpaired) electrons. The fourth-order valence-corrected chi connectivity index (χ4v) is 2.45. The highest BCUT2D eigenvalue weighted by molar-refractivity contribution is 5.96. The average molecular weight is 262 g/mol. The van der Waals surface area contributed by atoms with Crippen LogP contribution in [0.2, 0.25) is 0 Å². The second kappa shape index (κ2) is 6.06. The molecule has 1 saturated heterocycles. The summed E-state index contributed by atoms with van der Waals surface area (Å²) < 4.78 is 0. The minimum atomic E-state index is -0.0677. The number of rotatable bonds is 3. The summed E-state index contributed by atoms with van der Waals surface area (Å²) in [4.78, 5) is 16.6. The fraction of sp³-hybridized carbons (Fsp3) is 0.533. The number of nitrogens with zero attached hydrogens (tertiary/aromatic N) is 2. The van der Waals surface area contributed by atoms with Crippen molar-refractivity contribution in [3.63, 3.8) is 0 Å². The molecule has 1 aliphatic heterocycles. The molecule has 0 aliphatic carbocycles. The molecule has 1 N–H and O–H groups in total. The van der Waals surface area contributed by atoms with E-state index in [1.54, 1.807) is 24.3 Å². The van der Waals surface area contributed by atoms with Crippen LogP contribution < -0.4 is 0 Å². The summed E-state index contributed by atoms with van der Waals surface area (Å²) in [6, 6.07) is 7.32. The molecule has 19 heavy (non-hydrogen) atoms. The first kappa shape index (κ1) is 13.9. The van der Waals surface area contributed by atoms with Crippen LogP contribution in [0.25, 0.3) is 0 Å². The van der Waals surface area contributed by atoms with Crippen molar-refractivity contribution in [2.75, 3.05) is 26.2 Å². The Morgan fingerprint density at radius 1 is 1.26 bits per heavy atom. The molecule has 1 fully saturated rings. The number of para-hydroxylation sites is 1. The van der Waals surface area contributed by atoms with Gasteiger partial charge >= 0.3 is 0 Å². The lowest BCUT2D eigenvalue weighted by molar-refractivity contribution is 0.0577. The highest BCUT2D eigenvalue weighted by atomic mass is 16.3. The zero-order valence-corrected chi connectivity index (χ0v) is 11.7. The lowest BCUT2D eigenvalue weighted by atomic mass is 10.1. The van der Waals surface area contributed by atoms with Gasteiger partial charge in [0.25, 0.3) is 5.91 Å². The predicted octanol–water partition coefficient (Wildman–Crippen LogP) is 1.95. The van der Waals surface area contributed by atoms with Crippen LogP contribution in [0, 0.1) is 0 Å². The van der Waals surface area contributed by atoms with Crippen LogP contribution in [-0.4, -0.2) is 53.0 Å². The quantitative estimate of drug-likeness (QED) is 0.905. The molecule has 1 aromatic carbocycles. The van der Waals surface area contributed by atoms with E-state index >= 15 is 0 Å². The third kappa shape index (κ3) is 3.07. The van der Waals surface area contributed by atoms with Crippen molar-refractivity contribution >= 4 is 5.91 Å². The molecule has 1 aromatic rings. The van der Waals surface area contributed by atoms with Gasteiger partial charge in [0, 0.05) is 32.2 Å². The number of carbonyl (C=O) groups is 1. The molecule has 1 atom stereocenters. The number of carbonyl (C=O) groups excluding carboxylic acids is 1. The van der Waals surface area contributed by atoms with E-state index in [-0.39, 0.29) is 11.7 Å². The van der Waals surface area contributed by atoms with Gasteiger partial charge in [-0.15, -0.1) is 0 Å². The average Bonchev–Trinajstić information content (AvgIpc) is 2.46. The predicted molar refractivity (Wildman–Crippen MR) is 75.3 cm³/mol. The van der Waals surface area contributed by atoms with Crippen LogP contribution in [0.5, 0.6) is 5.75 Å². The number of phenolic OH excluding ortho intramolecular Hbond substituents is 1. The molecule has 4 heteroatoms. The maximum Gasteiger partial charge on any atom is 0.257 e. The standard InChI is InChI=1S/C15H22N2O2/c1-3-12(2)16-8-10-17(11-9-16)15(19)13-6-4-5-7-14(13)18/h4-7,12,18H,3,8-11H2,1-2H3. The fourth-order valence-electron chi connectivity index (χ4n) is 2.45. The smallest absolute Gasteiger partial charge is 0.257 e. The van der Waals surface area contributed by atoms with Gasteiger partial charge in [0.05, 0.1) is 5.56 Å². The Hall–Kier alpha value is -1.55. The summed E-state index contributed by atoms with van der Waals surface area (Å²) >= 11 is 0. The van der Waals surface area contributed by atoms with Gasteiger partial charge in [-0.25, -0.2) is 0 Å². The molecule has 4 nitrogen and oxygen atoms in total. The normalized spacial score (nSPS) is 18.3. The number of hydrogen-bond donors (Lipinski definition) is 1. The first-order valence-corrected chi connectivity index (χ1v) is 6.94. The van der Waals surface area contributed by atoms with Crippen LogP contribution >= 0.6 is 0 Å². The van der Waals surface area contributed by atoms with Crippen molar-refractivity contribution in [1.29, 1.82) is 0 Å². The molecule has 0 spiro atoms. The molecule has 1 amide bonds. The van der Waals surface area contributed by atoms with Crippen LogP contribution in [0.15, 0.2) is 24.3 Å². The lowest BCUT2D eigenvalue weighted by Crippen LogP contribution is -2.51. The maximum atomic E-state index is 12.3. The monoisotopic (exact) mass is 262 g/mol. The van der Waals surface area contributed by atoms with Crippen molar-refractivity contribution in [3.8, 4) is 5.75 Å². The summed E-state index contributed by atoms with van der Waals surface area (Å²) in [5, 5.41) is 9.73. The van der Waals surface area contributed by atoms with Gasteiger partial charge in [0.15, 0.2) is 0 Å². The van der Waals surface area contributed by atoms with Gasteiger partial charge in [0.1, 0.15) is 5.75 Å². The second-order valence-electron chi connectivity index (χ2n) is 5.10. The minimum Gasteiger partial charge on any atom is -0.507 e. The van der Waals surface area contributed by atoms with Gasteiger partial charge in [-0.3, -0.25) is 9.69 Å². The van der Waals surface area contributed by atoms with E-state index in [1.807, 2.05) is 4.90 Å². The van der Waals surface area contributed by atoms with E-state index in [2.05, 4.69) is 18.7 Å². The zero-order chi connectivity index (χ0) is 13.8. The topological polar surface area (TPSA) is 43.8 Å². The van der Waals surface area contributed by atoms with E-state index in [4.69, 9.17) is 0 Å². The van der Waals surface area contributed by atoms with Crippen molar-refractivity contribution in [2.45, 2.75) is 26.3 Å². The number of aromatic hydroxyl groups is 1. The highest BCUT2D eigenvalue weighted by Gasteiger charge is 2.25. The minimum absolute atomic E-state index is 0.0665. The Morgan fingerprint density at radius 3 is 2.47 bits per heavy atom. The van der Waals surface area contributed by atoms with Gasteiger partial charge in [0.2, 0.25) is 0 Å². The Kier molecular flexibility index (Phi) is 4.43. The van der Waals surface area contributed by atoms with E-state index in [0.29, 0.717) is 11.6 Å². The summed E-state index contributed by atoms with van der Waals surface area (Å²) in [6.45, 7) is 7.70. The van der Waals surface area contributed by atoms with E-state index in [0.717, 1.165) is 32.6 Å². The van der Waals surface area contributed by atoms with Crippen LogP contribution in [0.1, 0.15) is 30.6 Å². The third-order valence-corrected chi connectivity index (χ3v) is 3.95. The molecule has 1 unspecified atom stereocenters. The van der Waals surface area contributed by atoms with E-state index < -0.39 is 0 Å². The molecule has 1 heterocycles. The van der Waals surface area contributed by atoms with Gasteiger partial charge in [-0.2, -0.15) is 0 Å². The molecular formula is C15H22N2O2. The molecule has 1 aliphatic rings. The Labute approximate surface area is 114 Å². The molecule has 0 bridgehead atoms. The SMILES string of the molecule is CCC(C)N1CCN(C(=O)c2ccccc2O)CC1. The van der Waals surface area contributed by atoms with Crippen LogP contribution in [-0.2, 0) is 0 Å². The lowest BCUT2D eigenvalue weighted by Gasteiger charge is -2.37. The van der Waals surface area contributed by atoms with E-state index in [9.17, 15) is 9.90 Å². The summed E-state index contributed by atoms with van der Waals surface area (Å²) in [7, 11) is 0. The van der Waals surface area contributed by atoms with Crippen molar-refractivity contribution in [3.05, 3.63) is 29.8 Å². The number of amides is 1. The Balaban J connectivity index is 1.98. The zero-order valence-electron chi connectivity index (χ0n) is 11.7. The summed E-state index contributed by atoms with van der Waals surface area (Å²) in [5.74, 6) is -0.00115. The van der Waals surface area contributed by atoms with Gasteiger partial charge in [-0.05, 0) is 25.5 Å². The molecule has 2 rings (SSSR count). The van der Waals surface area contributed by atoms with E-state index in [1.165, 1.54) is 0 Å². The molecule has 0 aromatic heterocycles. The molecule has 104 valence electrons. The largest absolute Gasteiger partial charge is 0.507 e. The van der Waals surface area contributed by atoms with Crippen molar-refractivity contribution < 1.29 is 9.90 Å². The first-order chi connectivity index (χ1) is 9.13. The maximum absolute atomic E-state index is 12.3. The first-order valence-electron chi connectivity index (χ1n) is 6.94. The summed E-state index contributed by atoms with van der Waals surface area (Å²) in [5.41, 5.74) is 0.402. The van der Waals surface area contributed by atoms with Crippen molar-refractivity contribution in [1.82, 2.24) is 9.80 Å². The Morgan fingerprint density at radius 2 is 1.89 bits per heavy atom. The second-order valence-corrected chi connectivity index (χ2v) is 5.10. The number of piperazine rings is 1. The molecular weight excluding hydrogens is 240 g/mol.